The van der Waals surface area contributed by atoms with E-state index in [0.717, 1.165) is 0 Å². The van der Waals surface area contributed by atoms with E-state index in [1.54, 1.807) is 20.8 Å². The summed E-state index contributed by atoms with van der Waals surface area (Å²) in [6, 6.07) is 0. The van der Waals surface area contributed by atoms with Crippen LogP contribution in [0, 0.1) is 5.41 Å². The first-order chi connectivity index (χ1) is 18.6. The molecule has 7 unspecified atom stereocenters. The fourth-order valence-corrected chi connectivity index (χ4v) is 2.83. The van der Waals surface area contributed by atoms with Gasteiger partial charge in [0.2, 0.25) is 6.29 Å². The van der Waals surface area contributed by atoms with Gasteiger partial charge in [0, 0.05) is 4.11 Å². The van der Waals surface area contributed by atoms with E-state index in [9.17, 15) is 40.5 Å². The number of carbonyl (C=O) groups is 1. The highest BCUT2D eigenvalue weighted by atomic mass is 16.7. The lowest BCUT2D eigenvalue weighted by Crippen LogP contribution is -2.62. The third-order valence-electron chi connectivity index (χ3n) is 5.11. The monoisotopic (exact) mass is 544 g/mol. The van der Waals surface area contributed by atoms with Gasteiger partial charge in [0.1, 0.15) is 56.1 Å². The molecule has 2 saturated heterocycles. The second kappa shape index (κ2) is 19.2. The van der Waals surface area contributed by atoms with Crippen molar-refractivity contribution < 1.29 is 63.6 Å². The Morgan fingerprint density at radius 2 is 1.30 bits per heavy atom. The highest BCUT2D eigenvalue weighted by molar-refractivity contribution is 6.33. The first kappa shape index (κ1) is 34.2. The molecule has 2 rings (SSSR count). The van der Waals surface area contributed by atoms with Crippen LogP contribution in [0.15, 0.2) is 0 Å². The molecule has 2 heterocycles. The molecule has 13 heteroatoms. The Labute approximate surface area is 227 Å². The third kappa shape index (κ3) is 11.8. The van der Waals surface area contributed by atoms with Crippen LogP contribution in [-0.4, -0.2) is 124 Å². The number of aliphatic hydroxyl groups excluding tert-OH is 7. The number of rotatable bonds is 6. The van der Waals surface area contributed by atoms with Gasteiger partial charge in [-0.15, -0.1) is 0 Å². The molecule has 37 heavy (non-hydrogen) atoms. The van der Waals surface area contributed by atoms with Crippen molar-refractivity contribution in [2.45, 2.75) is 131 Å². The molecule has 2 aliphatic heterocycles. The Morgan fingerprint density at radius 3 is 1.70 bits per heavy atom. The molecule has 0 aromatic heterocycles. The Bertz CT molecular complexity index is 630. The Kier molecular flexibility index (Phi) is 17.8. The van der Waals surface area contributed by atoms with Crippen molar-refractivity contribution in [3.8, 4) is 0 Å². The summed E-state index contributed by atoms with van der Waals surface area (Å²) in [4.78, 5) is 12.0. The molecular formula is C24H52BO12. The molecule has 12 nitrogen and oxygen atoms in total. The van der Waals surface area contributed by atoms with Crippen LogP contribution in [0.2, 0.25) is 13.1 Å². The van der Waals surface area contributed by atoms with Crippen molar-refractivity contribution in [2.24, 2.45) is 5.41 Å². The molecule has 0 aromatic carbocycles. The number of ether oxygens (including phenoxy) is 4. The third-order valence-corrected chi connectivity index (χ3v) is 5.11. The highest BCUT2D eigenvalue weighted by Gasteiger charge is 2.48. The Morgan fingerprint density at radius 1 is 0.892 bits per heavy atom. The normalized spacial score (nSPS) is 36.8. The molecule has 0 bridgehead atoms. The van der Waals surface area contributed by atoms with Gasteiger partial charge in [0.15, 0.2) is 6.29 Å². The number of hydrogen-bond acceptors (Lipinski definition) is 12. The first-order valence-corrected chi connectivity index (χ1v) is 11.7. The van der Waals surface area contributed by atoms with Crippen LogP contribution in [0.4, 0.5) is 0 Å². The van der Waals surface area contributed by atoms with Crippen LogP contribution in [0.25, 0.3) is 0 Å². The predicted molar refractivity (Wildman–Crippen MR) is 139 cm³/mol. The van der Waals surface area contributed by atoms with Gasteiger partial charge >= 0.3 is 5.97 Å². The molecule has 223 valence electrons. The first-order valence-electron chi connectivity index (χ1n) is 14.3. The summed E-state index contributed by atoms with van der Waals surface area (Å²) in [5.41, 5.74) is -0.910. The maximum atomic E-state index is 12.0. The number of aliphatic hydroxyl groups is 7. The lowest BCUT2D eigenvalue weighted by Gasteiger charge is -2.42. The highest BCUT2D eigenvalue weighted by Crippen LogP contribution is 2.27. The summed E-state index contributed by atoms with van der Waals surface area (Å²) in [6.45, 7) is 11.3. The van der Waals surface area contributed by atoms with E-state index in [2.05, 4.69) is 0 Å². The van der Waals surface area contributed by atoms with Crippen LogP contribution in [0.3, 0.4) is 0 Å². The van der Waals surface area contributed by atoms with Crippen LogP contribution in [0.5, 0.6) is 0 Å². The Hall–Kier alpha value is -0.865. The van der Waals surface area contributed by atoms with Gasteiger partial charge in [-0.2, -0.15) is 0 Å². The largest absolute Gasteiger partial charge is 0.432 e. The van der Waals surface area contributed by atoms with E-state index in [4.69, 9.17) is 23.1 Å². The molecular weight excluding hydrogens is 492 g/mol. The van der Waals surface area contributed by atoms with E-state index in [1.165, 1.54) is 14.8 Å². The van der Waals surface area contributed by atoms with Crippen LogP contribution in [0.1, 0.15) is 60.5 Å². The minimum atomic E-state index is -1.72. The average Bonchev–Trinajstić information content (AvgIpc) is 2.95. The zero-order chi connectivity index (χ0) is 32.4. The molecule has 0 saturated carbocycles. The minimum Gasteiger partial charge on any atom is -0.432 e. The maximum Gasteiger partial charge on any atom is 0.313 e. The number of carbonyl (C=O) groups excluding carboxylic acids is 1. The van der Waals surface area contributed by atoms with Crippen molar-refractivity contribution in [1.82, 2.24) is 0 Å². The van der Waals surface area contributed by atoms with E-state index >= 15 is 0 Å². The zero-order valence-corrected chi connectivity index (χ0v) is 23.5. The molecule has 2 aliphatic rings. The fourth-order valence-electron chi connectivity index (χ4n) is 2.83. The van der Waals surface area contributed by atoms with E-state index in [-0.39, 0.29) is 6.30 Å². The summed E-state index contributed by atoms with van der Waals surface area (Å²) in [7, 11) is 4.33. The lowest BCUT2D eigenvalue weighted by atomic mass is 9.94. The van der Waals surface area contributed by atoms with Gasteiger partial charge in [-0.3, -0.25) is 4.79 Å². The summed E-state index contributed by atoms with van der Waals surface area (Å²) < 4.78 is 39.2. The number of hydrogen-bond donors (Lipinski definition) is 7. The van der Waals surface area contributed by atoms with Crippen LogP contribution in [-0.2, 0) is 23.7 Å². The van der Waals surface area contributed by atoms with Gasteiger partial charge in [-0.1, -0.05) is 48.7 Å². The summed E-state index contributed by atoms with van der Waals surface area (Å²) in [5, 5.41) is 68.9. The van der Waals surface area contributed by atoms with Crippen molar-refractivity contribution in [3.05, 3.63) is 0 Å². The van der Waals surface area contributed by atoms with Crippen molar-refractivity contribution in [1.29, 1.82) is 0 Å². The fraction of sp³-hybridized carbons (Fsp3) is 0.958. The SMILES string of the molecule is CC.CC(C)(C)C(=O)OC1O[C@@H](COC2OC(CO)C(O)C(O)C2O)[C@@H](O)[C@H](O)[C@@H]1O.[1H]C.[1H]C.[1H][13CH](C)[B]C. The molecule has 0 aromatic rings. The topological polar surface area (TPSA) is 196 Å². The summed E-state index contributed by atoms with van der Waals surface area (Å²) in [5.74, 6) is -0.709. The van der Waals surface area contributed by atoms with Gasteiger partial charge in [0.25, 0.3) is 0 Å². The molecule has 7 N–H and O–H groups in total. The summed E-state index contributed by atoms with van der Waals surface area (Å²) >= 11 is 0. The van der Waals surface area contributed by atoms with E-state index < -0.39 is 86.0 Å². The quantitative estimate of drug-likeness (QED) is 0.131. The van der Waals surface area contributed by atoms with Crippen LogP contribution < -0.4 is 0 Å². The van der Waals surface area contributed by atoms with E-state index in [1.807, 2.05) is 34.9 Å². The molecule has 1 radical (unpaired) electrons. The Balaban J connectivity index is -0.00000108. The smallest absolute Gasteiger partial charge is 0.313 e. The lowest BCUT2D eigenvalue weighted by molar-refractivity contribution is -0.327. The molecule has 2 fully saturated rings. The van der Waals surface area contributed by atoms with Gasteiger partial charge in [0.05, 0.1) is 18.6 Å². The zero-order valence-electron chi connectivity index (χ0n) is 26.5. The van der Waals surface area contributed by atoms with Crippen molar-refractivity contribution in [3.63, 3.8) is 0 Å². The molecule has 0 spiro atoms. The van der Waals surface area contributed by atoms with Gasteiger partial charge in [-0.05, 0) is 20.8 Å². The second-order valence-corrected chi connectivity index (χ2v) is 8.87. The van der Waals surface area contributed by atoms with Gasteiger partial charge < -0.3 is 54.7 Å². The molecule has 0 aliphatic carbocycles. The average molecular weight is 544 g/mol. The van der Waals surface area contributed by atoms with Crippen molar-refractivity contribution >= 4 is 13.2 Å². The second-order valence-electron chi connectivity index (χ2n) is 8.87. The molecule has 0 amide bonds. The molecule has 11 atom stereocenters. The number of esters is 1. The maximum absolute atomic E-state index is 12.0. The summed E-state index contributed by atoms with van der Waals surface area (Å²) in [6.07, 6.45) is -15.5. The predicted octanol–water partition coefficient (Wildman–Crippen LogP) is -0.325. The van der Waals surface area contributed by atoms with Crippen LogP contribution >= 0.6 is 0 Å². The van der Waals surface area contributed by atoms with E-state index in [0.29, 0.717) is 0 Å². The van der Waals surface area contributed by atoms with Crippen molar-refractivity contribution in [2.75, 3.05) is 13.2 Å². The van der Waals surface area contributed by atoms with Gasteiger partial charge in [-0.25, -0.2) is 0 Å². The standard InChI is InChI=1S/C17H30O12.C3H8B.C2H6.2CH4/c1-17(2,3)16(25)29-15-13(24)11(22)9(20)7(28-15)5-26-14-12(23)10(21)8(19)6(4-18)27-14;1-3-4-2;1-2;;/h6-15,18-24H,4-5H2,1-3H3;3H2,1-2H3;1-2H3;2*1H4/t6?,7-,8?,9+,10?,11-,12?,13-,14?,15?;;;;/m0..../s1/i;3+1H;;2*1H. The minimum absolute atomic E-state index is 0.00926.